The number of halogens is 4. The van der Waals surface area contributed by atoms with Crippen LogP contribution < -0.4 is 20.1 Å². The van der Waals surface area contributed by atoms with Crippen LogP contribution in [0, 0.1) is 29.5 Å². The molecule has 240 valence electrons. The van der Waals surface area contributed by atoms with Gasteiger partial charge in [-0.1, -0.05) is 6.92 Å². The van der Waals surface area contributed by atoms with Gasteiger partial charge in [0.15, 0.2) is 11.6 Å². The minimum absolute atomic E-state index is 0.0181. The number of sulfonamides is 1. The van der Waals surface area contributed by atoms with Gasteiger partial charge < -0.3 is 20.1 Å². The highest BCUT2D eigenvalue weighted by Crippen LogP contribution is 2.49. The summed E-state index contributed by atoms with van der Waals surface area (Å²) in [5.74, 6) is -1.69. The van der Waals surface area contributed by atoms with Crippen LogP contribution in [0.3, 0.4) is 0 Å². The molecule has 1 aromatic carbocycles. The van der Waals surface area contributed by atoms with Gasteiger partial charge in [-0.05, 0) is 81.6 Å². The van der Waals surface area contributed by atoms with Crippen LogP contribution in [0.15, 0.2) is 12.1 Å². The Hall–Kier alpha value is -2.61. The van der Waals surface area contributed by atoms with Crippen LogP contribution in [0.25, 0.3) is 0 Å². The molecule has 43 heavy (non-hydrogen) atoms. The van der Waals surface area contributed by atoms with Crippen LogP contribution in [0.4, 0.5) is 17.6 Å². The molecule has 4 fully saturated rings. The Bertz CT molecular complexity index is 1320. The number of rotatable bonds is 8. The molecule has 2 bridgehead atoms. The van der Waals surface area contributed by atoms with Crippen molar-refractivity contribution in [2.45, 2.75) is 88.4 Å². The fourth-order valence-corrected chi connectivity index (χ4v) is 8.36. The second-order valence-corrected chi connectivity index (χ2v) is 14.4. The van der Waals surface area contributed by atoms with E-state index < -0.39 is 57.7 Å². The van der Waals surface area contributed by atoms with Crippen LogP contribution >= 0.6 is 0 Å². The molecule has 1 aliphatic heterocycles. The van der Waals surface area contributed by atoms with Gasteiger partial charge >= 0.3 is 15.5 Å². The average molecular weight is 634 g/mol. The van der Waals surface area contributed by atoms with Crippen LogP contribution in [0.2, 0.25) is 0 Å². The molecular weight excluding hydrogens is 594 g/mol. The maximum absolute atomic E-state index is 14.9. The zero-order chi connectivity index (χ0) is 31.1. The molecule has 1 aromatic rings. The van der Waals surface area contributed by atoms with Gasteiger partial charge in [0.05, 0.1) is 24.7 Å². The van der Waals surface area contributed by atoms with E-state index in [1.165, 1.54) is 13.2 Å². The Morgan fingerprint density at radius 1 is 0.977 bits per heavy atom. The number of carbonyl (C=O) groups is 2. The summed E-state index contributed by atoms with van der Waals surface area (Å²) in [5, 5.41) is 5.74. The fraction of sp³-hybridized carbons (Fsp3) is 0.724. The summed E-state index contributed by atoms with van der Waals surface area (Å²) in [7, 11) is -4.17. The predicted octanol–water partition coefficient (Wildman–Crippen LogP) is 4.37. The van der Waals surface area contributed by atoms with Crippen molar-refractivity contribution >= 4 is 21.8 Å². The standard InChI is InChI=1S/C29H39F4N3O6S/c1-16-5-9-20(10-6-16)42-24-13-21(23(41-2)14-22(24)30)27(37)35-26-18-8-7-17(12-18)25(26)28(38)34-19-4-3-11-36(15-19)43(39,40)29(31,32)33/h13-14,16-20,25-26H,3-12,15H2,1-2H3,(H,34,38)(H,35,37)/t16?,17-,18+,19-,20?,25+,26-/m1/s1. The molecule has 1 saturated heterocycles. The van der Waals surface area contributed by atoms with Crippen LogP contribution in [-0.4, -0.2) is 68.4 Å². The molecule has 14 heteroatoms. The second kappa shape index (κ2) is 12.4. The molecule has 5 atom stereocenters. The summed E-state index contributed by atoms with van der Waals surface area (Å²) < 4.78 is 89.7. The Balaban J connectivity index is 1.29. The normalized spacial score (nSPS) is 31.4. The van der Waals surface area contributed by atoms with Crippen LogP contribution in [0.1, 0.15) is 75.1 Å². The summed E-state index contributed by atoms with van der Waals surface area (Å²) >= 11 is 0. The summed E-state index contributed by atoms with van der Waals surface area (Å²) in [5.41, 5.74) is -5.34. The molecule has 2 amide bonds. The number of piperidine rings is 1. The lowest BCUT2D eigenvalue weighted by molar-refractivity contribution is -0.128. The number of fused-ring (bicyclic) bond motifs is 2. The number of nitrogens with zero attached hydrogens (tertiary/aromatic N) is 1. The molecule has 9 nitrogen and oxygen atoms in total. The van der Waals surface area contributed by atoms with Gasteiger partial charge in [0, 0.05) is 31.2 Å². The lowest BCUT2D eigenvalue weighted by Crippen LogP contribution is -2.56. The van der Waals surface area contributed by atoms with E-state index in [-0.39, 0.29) is 48.0 Å². The Labute approximate surface area is 249 Å². The minimum Gasteiger partial charge on any atom is -0.496 e. The van der Waals surface area contributed by atoms with E-state index in [2.05, 4.69) is 17.6 Å². The predicted molar refractivity (Wildman–Crippen MR) is 148 cm³/mol. The number of nitrogens with one attached hydrogen (secondary N) is 2. The fourth-order valence-electron chi connectivity index (χ4n) is 7.33. The van der Waals surface area contributed by atoms with Crippen LogP contribution in [-0.2, 0) is 14.8 Å². The van der Waals surface area contributed by atoms with Crippen LogP contribution in [0.5, 0.6) is 11.5 Å². The molecule has 3 aliphatic carbocycles. The first-order valence-corrected chi connectivity index (χ1v) is 16.4. The van der Waals surface area contributed by atoms with E-state index >= 15 is 0 Å². The van der Waals surface area contributed by atoms with Gasteiger partial charge in [0.25, 0.3) is 5.91 Å². The topological polar surface area (TPSA) is 114 Å². The number of ether oxygens (including phenoxy) is 2. The smallest absolute Gasteiger partial charge is 0.496 e. The summed E-state index contributed by atoms with van der Waals surface area (Å²) in [6.45, 7) is 1.42. The number of amides is 2. The van der Waals surface area contributed by atoms with Crippen molar-refractivity contribution in [3.63, 3.8) is 0 Å². The monoisotopic (exact) mass is 633 g/mol. The van der Waals surface area contributed by atoms with Crippen molar-refractivity contribution in [3.8, 4) is 11.5 Å². The highest BCUT2D eigenvalue weighted by atomic mass is 32.2. The maximum Gasteiger partial charge on any atom is 0.511 e. The molecule has 5 rings (SSSR count). The second-order valence-electron chi connectivity index (χ2n) is 12.5. The first kappa shape index (κ1) is 31.8. The van der Waals surface area contributed by atoms with E-state index in [1.54, 1.807) is 0 Å². The van der Waals surface area contributed by atoms with Gasteiger partial charge in [0.2, 0.25) is 5.91 Å². The number of methoxy groups -OCH3 is 1. The zero-order valence-electron chi connectivity index (χ0n) is 24.3. The molecule has 0 radical (unpaired) electrons. The molecule has 0 unspecified atom stereocenters. The van der Waals surface area contributed by atoms with E-state index in [0.717, 1.165) is 44.6 Å². The van der Waals surface area contributed by atoms with Gasteiger partial charge in [-0.15, -0.1) is 0 Å². The Morgan fingerprint density at radius 2 is 1.67 bits per heavy atom. The molecule has 0 spiro atoms. The third-order valence-corrected chi connectivity index (χ3v) is 11.2. The highest BCUT2D eigenvalue weighted by Gasteiger charge is 2.53. The number of benzene rings is 1. The lowest BCUT2D eigenvalue weighted by atomic mass is 9.83. The van der Waals surface area contributed by atoms with Crippen molar-refractivity contribution in [2.24, 2.45) is 23.7 Å². The van der Waals surface area contributed by atoms with Crippen molar-refractivity contribution < 1.29 is 45.0 Å². The number of alkyl halides is 3. The Morgan fingerprint density at radius 3 is 2.35 bits per heavy atom. The van der Waals surface area contributed by atoms with Crippen molar-refractivity contribution in [3.05, 3.63) is 23.5 Å². The molecule has 2 N–H and O–H groups in total. The van der Waals surface area contributed by atoms with E-state index in [0.29, 0.717) is 23.1 Å². The third-order valence-electron chi connectivity index (χ3n) is 9.63. The minimum atomic E-state index is -5.50. The zero-order valence-corrected chi connectivity index (χ0v) is 25.1. The average Bonchev–Trinajstić information content (AvgIpc) is 3.56. The SMILES string of the molecule is COc1cc(F)c(OC2CCC(C)CC2)cc1C(=O)N[C@@H]1[C@H]2CC[C@H](C2)[C@@H]1C(=O)N[C@@H]1CCCN(S(=O)(=O)C(F)(F)F)C1. The van der Waals surface area contributed by atoms with Gasteiger partial charge in [0.1, 0.15) is 5.75 Å². The van der Waals surface area contributed by atoms with Gasteiger partial charge in [-0.25, -0.2) is 12.8 Å². The first-order valence-electron chi connectivity index (χ1n) is 15.0. The molecule has 3 saturated carbocycles. The number of hydrogen-bond donors (Lipinski definition) is 2. The summed E-state index contributed by atoms with van der Waals surface area (Å²) in [6, 6.07) is 1.11. The maximum atomic E-state index is 14.9. The molecular formula is C29H39F4N3O6S. The summed E-state index contributed by atoms with van der Waals surface area (Å²) in [6.07, 6.45) is 6.15. The van der Waals surface area contributed by atoms with Gasteiger partial charge in [-0.3, -0.25) is 9.59 Å². The number of carbonyl (C=O) groups excluding carboxylic acids is 2. The van der Waals surface area contributed by atoms with E-state index in [9.17, 15) is 35.6 Å². The third kappa shape index (κ3) is 6.59. The van der Waals surface area contributed by atoms with Gasteiger partial charge in [-0.2, -0.15) is 17.5 Å². The number of hydrogen-bond acceptors (Lipinski definition) is 6. The van der Waals surface area contributed by atoms with E-state index in [4.69, 9.17) is 9.47 Å². The van der Waals surface area contributed by atoms with Crippen molar-refractivity contribution in [1.82, 2.24) is 14.9 Å². The van der Waals surface area contributed by atoms with Crippen molar-refractivity contribution in [1.29, 1.82) is 0 Å². The lowest BCUT2D eigenvalue weighted by Gasteiger charge is -2.35. The molecule has 0 aromatic heterocycles. The van der Waals surface area contributed by atoms with E-state index in [1.807, 2.05) is 0 Å². The highest BCUT2D eigenvalue weighted by molar-refractivity contribution is 7.90. The first-order chi connectivity index (χ1) is 20.3. The Kier molecular flexibility index (Phi) is 9.18. The molecule has 1 heterocycles. The summed E-state index contributed by atoms with van der Waals surface area (Å²) in [4.78, 5) is 27.1. The van der Waals surface area contributed by atoms with Crippen molar-refractivity contribution in [2.75, 3.05) is 20.2 Å². The quantitative estimate of drug-likeness (QED) is 0.412. The largest absolute Gasteiger partial charge is 0.511 e. The molecule has 4 aliphatic rings.